The van der Waals surface area contributed by atoms with Gasteiger partial charge in [0.15, 0.2) is 9.84 Å². The minimum atomic E-state index is -4.05. The van der Waals surface area contributed by atoms with Crippen molar-refractivity contribution >= 4 is 31.2 Å². The van der Waals surface area contributed by atoms with Gasteiger partial charge in [0.2, 0.25) is 10.0 Å². The van der Waals surface area contributed by atoms with Crippen LogP contribution in [-0.4, -0.2) is 49.3 Å². The van der Waals surface area contributed by atoms with Crippen LogP contribution in [0.3, 0.4) is 0 Å². The lowest BCUT2D eigenvalue weighted by Gasteiger charge is -2.38. The van der Waals surface area contributed by atoms with Crippen LogP contribution in [0.2, 0.25) is 0 Å². The van der Waals surface area contributed by atoms with Gasteiger partial charge in [-0.1, -0.05) is 6.07 Å². The monoisotopic (exact) mass is 438 g/mol. The summed E-state index contributed by atoms with van der Waals surface area (Å²) in [5.41, 5.74) is 0.828. The fourth-order valence-corrected chi connectivity index (χ4v) is 4.84. The van der Waals surface area contributed by atoms with Gasteiger partial charge in [0.05, 0.1) is 21.2 Å². The van der Waals surface area contributed by atoms with Crippen molar-refractivity contribution in [1.29, 1.82) is 5.26 Å². The molecule has 1 fully saturated rings. The SMILES string of the molecule is CS(=O)(=O)c1cc(S(N)(=O)=O)ccc1N1CCN(c2cccc(F)c2C#N)CC1. The molecule has 154 valence electrons. The summed E-state index contributed by atoms with van der Waals surface area (Å²) < 4.78 is 61.5. The van der Waals surface area contributed by atoms with Crippen molar-refractivity contribution in [3.05, 3.63) is 47.8 Å². The molecule has 2 aromatic rings. The Hall–Kier alpha value is -2.68. The van der Waals surface area contributed by atoms with Gasteiger partial charge in [-0.2, -0.15) is 5.26 Å². The van der Waals surface area contributed by atoms with Crippen LogP contribution in [0.15, 0.2) is 46.2 Å². The molecule has 0 bridgehead atoms. The van der Waals surface area contributed by atoms with Crippen molar-refractivity contribution < 1.29 is 21.2 Å². The van der Waals surface area contributed by atoms with E-state index in [0.717, 1.165) is 12.3 Å². The highest BCUT2D eigenvalue weighted by molar-refractivity contribution is 7.91. The maximum atomic E-state index is 13.9. The molecule has 0 saturated carbocycles. The van der Waals surface area contributed by atoms with E-state index in [1.165, 1.54) is 24.3 Å². The van der Waals surface area contributed by atoms with Crippen molar-refractivity contribution in [2.24, 2.45) is 5.14 Å². The molecule has 29 heavy (non-hydrogen) atoms. The molecule has 1 aliphatic rings. The van der Waals surface area contributed by atoms with Crippen LogP contribution in [0.1, 0.15) is 5.56 Å². The van der Waals surface area contributed by atoms with E-state index in [2.05, 4.69) is 0 Å². The highest BCUT2D eigenvalue weighted by Gasteiger charge is 2.26. The molecule has 1 heterocycles. The Morgan fingerprint density at radius 2 is 1.59 bits per heavy atom. The fraction of sp³-hybridized carbons (Fsp3) is 0.278. The average Bonchev–Trinajstić information content (AvgIpc) is 2.66. The summed E-state index contributed by atoms with van der Waals surface area (Å²) >= 11 is 0. The summed E-state index contributed by atoms with van der Waals surface area (Å²) in [4.78, 5) is 3.27. The summed E-state index contributed by atoms with van der Waals surface area (Å²) in [7, 11) is -7.76. The number of hydrogen-bond acceptors (Lipinski definition) is 7. The number of sulfone groups is 1. The molecule has 8 nitrogen and oxygen atoms in total. The van der Waals surface area contributed by atoms with Gasteiger partial charge < -0.3 is 9.80 Å². The van der Waals surface area contributed by atoms with Crippen molar-refractivity contribution in [2.75, 3.05) is 42.2 Å². The third-order valence-electron chi connectivity index (χ3n) is 4.72. The lowest BCUT2D eigenvalue weighted by molar-refractivity contribution is 0.595. The zero-order chi connectivity index (χ0) is 21.4. The quantitative estimate of drug-likeness (QED) is 0.757. The van der Waals surface area contributed by atoms with E-state index in [1.807, 2.05) is 15.9 Å². The highest BCUT2D eigenvalue weighted by Crippen LogP contribution is 2.30. The summed E-state index contributed by atoms with van der Waals surface area (Å²) in [6.45, 7) is 1.66. The molecular formula is C18H19FN4O4S2. The van der Waals surface area contributed by atoms with Gasteiger partial charge in [-0.15, -0.1) is 0 Å². The van der Waals surface area contributed by atoms with E-state index in [1.54, 1.807) is 6.07 Å². The van der Waals surface area contributed by atoms with Gasteiger partial charge in [-0.05, 0) is 30.3 Å². The molecule has 0 spiro atoms. The molecule has 0 aromatic heterocycles. The standard InChI is InChI=1S/C18H19FN4O4S2/c1-28(24,25)18-11-13(29(21,26)27)5-6-17(18)23-9-7-22(8-10-23)16-4-2-3-15(19)14(16)12-20/h2-6,11H,7-10H2,1H3,(H2,21,26,27). The van der Waals surface area contributed by atoms with Crippen LogP contribution < -0.4 is 14.9 Å². The number of nitrogens with two attached hydrogens (primary N) is 1. The molecule has 1 aliphatic heterocycles. The molecular weight excluding hydrogens is 419 g/mol. The lowest BCUT2D eigenvalue weighted by atomic mass is 10.1. The van der Waals surface area contributed by atoms with Crippen molar-refractivity contribution in [3.63, 3.8) is 0 Å². The van der Waals surface area contributed by atoms with Gasteiger partial charge in [-0.3, -0.25) is 0 Å². The number of piperazine rings is 1. The normalized spacial score (nSPS) is 15.2. The topological polar surface area (TPSA) is 125 Å². The molecule has 0 amide bonds. The van der Waals surface area contributed by atoms with Gasteiger partial charge in [0.1, 0.15) is 17.4 Å². The number of halogens is 1. The molecule has 0 unspecified atom stereocenters. The molecule has 3 rings (SSSR count). The first-order chi connectivity index (χ1) is 13.5. The number of sulfonamides is 1. The smallest absolute Gasteiger partial charge is 0.238 e. The van der Waals surface area contributed by atoms with E-state index < -0.39 is 25.7 Å². The molecule has 1 saturated heterocycles. The van der Waals surface area contributed by atoms with Crippen molar-refractivity contribution in [1.82, 2.24) is 0 Å². The molecule has 0 radical (unpaired) electrons. The van der Waals surface area contributed by atoms with Crippen LogP contribution in [0.25, 0.3) is 0 Å². The minimum absolute atomic E-state index is 0.0321. The number of hydrogen-bond donors (Lipinski definition) is 1. The largest absolute Gasteiger partial charge is 0.367 e. The average molecular weight is 439 g/mol. The highest BCUT2D eigenvalue weighted by atomic mass is 32.2. The molecule has 11 heteroatoms. The second kappa shape index (κ2) is 7.62. The zero-order valence-electron chi connectivity index (χ0n) is 15.5. The lowest BCUT2D eigenvalue weighted by Crippen LogP contribution is -2.47. The van der Waals surface area contributed by atoms with Gasteiger partial charge >= 0.3 is 0 Å². The number of nitrogens with zero attached hydrogens (tertiary/aromatic N) is 3. The van der Waals surface area contributed by atoms with E-state index in [9.17, 15) is 26.5 Å². The summed E-state index contributed by atoms with van der Waals surface area (Å²) in [6, 6.07) is 10.1. The fourth-order valence-electron chi connectivity index (χ4n) is 3.30. The zero-order valence-corrected chi connectivity index (χ0v) is 17.2. The van der Waals surface area contributed by atoms with E-state index >= 15 is 0 Å². The number of primary sulfonamides is 1. The Labute approximate surface area is 168 Å². The number of anilines is 2. The van der Waals surface area contributed by atoms with E-state index in [0.29, 0.717) is 37.6 Å². The third kappa shape index (κ3) is 4.34. The van der Waals surface area contributed by atoms with Crippen LogP contribution in [0.4, 0.5) is 15.8 Å². The van der Waals surface area contributed by atoms with Crippen molar-refractivity contribution in [2.45, 2.75) is 9.79 Å². The minimum Gasteiger partial charge on any atom is -0.367 e. The van der Waals surface area contributed by atoms with E-state index in [4.69, 9.17) is 5.14 Å². The number of nitriles is 1. The predicted octanol–water partition coefficient (Wildman–Crippen LogP) is 1.07. The van der Waals surface area contributed by atoms with E-state index in [-0.39, 0.29) is 15.4 Å². The van der Waals surface area contributed by atoms with Gasteiger partial charge in [0.25, 0.3) is 0 Å². The third-order valence-corrected chi connectivity index (χ3v) is 6.76. The predicted molar refractivity (Wildman–Crippen MR) is 106 cm³/mol. The molecule has 2 aromatic carbocycles. The summed E-state index contributed by atoms with van der Waals surface area (Å²) in [6.07, 6.45) is 1.00. The Bertz CT molecular complexity index is 1200. The molecule has 0 aliphatic carbocycles. The van der Waals surface area contributed by atoms with Gasteiger partial charge in [0, 0.05) is 32.4 Å². The van der Waals surface area contributed by atoms with Crippen molar-refractivity contribution in [3.8, 4) is 6.07 Å². The first-order valence-corrected chi connectivity index (χ1v) is 12.0. The molecule has 2 N–H and O–H groups in total. The Morgan fingerprint density at radius 1 is 1.00 bits per heavy atom. The Kier molecular flexibility index (Phi) is 5.53. The Balaban J connectivity index is 1.90. The maximum absolute atomic E-state index is 13.9. The number of rotatable bonds is 4. The van der Waals surface area contributed by atoms with Crippen LogP contribution in [0.5, 0.6) is 0 Å². The van der Waals surface area contributed by atoms with Crippen LogP contribution in [0, 0.1) is 17.1 Å². The molecule has 0 atom stereocenters. The first kappa shape index (κ1) is 21.0. The van der Waals surface area contributed by atoms with Crippen LogP contribution >= 0.6 is 0 Å². The summed E-state index contributed by atoms with van der Waals surface area (Å²) in [5, 5.41) is 14.3. The first-order valence-electron chi connectivity index (χ1n) is 8.58. The van der Waals surface area contributed by atoms with Crippen LogP contribution in [-0.2, 0) is 19.9 Å². The Morgan fingerprint density at radius 3 is 2.10 bits per heavy atom. The maximum Gasteiger partial charge on any atom is 0.238 e. The second-order valence-corrected chi connectivity index (χ2v) is 10.2. The number of benzene rings is 2. The second-order valence-electron chi connectivity index (χ2n) is 6.67. The van der Waals surface area contributed by atoms with Gasteiger partial charge in [-0.25, -0.2) is 26.4 Å². The summed E-state index contributed by atoms with van der Waals surface area (Å²) in [5.74, 6) is -0.592.